The lowest BCUT2D eigenvalue weighted by molar-refractivity contribution is -0.107. The number of nitrogens with one attached hydrogen (secondary N) is 1. The van der Waals surface area contributed by atoms with E-state index in [0.29, 0.717) is 12.8 Å². The van der Waals surface area contributed by atoms with Crippen LogP contribution < -0.4 is 5.32 Å². The van der Waals surface area contributed by atoms with Crippen molar-refractivity contribution in [2.45, 2.75) is 12.8 Å². The average Bonchev–Trinajstić information content (AvgIpc) is 2.94. The maximum absolute atomic E-state index is 11.5. The Morgan fingerprint density at radius 2 is 1.90 bits per heavy atom. The first-order valence-electron chi connectivity index (χ1n) is 6.71. The molecule has 1 heterocycles. The molecule has 21 heavy (non-hydrogen) atoms. The van der Waals surface area contributed by atoms with Gasteiger partial charge < -0.3 is 19.4 Å². The van der Waals surface area contributed by atoms with Crippen LogP contribution in [0.25, 0.3) is 11.3 Å². The number of aldehydes is 1. The van der Waals surface area contributed by atoms with Crippen LogP contribution in [-0.2, 0) is 11.2 Å². The van der Waals surface area contributed by atoms with Gasteiger partial charge in [0.05, 0.1) is 0 Å². The second kappa shape index (κ2) is 6.74. The molecule has 0 aliphatic rings. The topological polar surface area (TPSA) is 62.6 Å². The standard InChI is InChI=1S/C16H18N2O3/c1-18(2)16(20)17-13-7-5-12(6-8-13)15-10-9-14(21-15)4-3-11-19/h5-11H,3-4H2,1-2H3,(H,17,20). The van der Waals surface area contributed by atoms with Crippen LogP contribution in [-0.4, -0.2) is 31.3 Å². The van der Waals surface area contributed by atoms with E-state index >= 15 is 0 Å². The van der Waals surface area contributed by atoms with Crippen LogP contribution in [0.15, 0.2) is 40.8 Å². The second-order valence-electron chi connectivity index (χ2n) is 4.87. The first-order chi connectivity index (χ1) is 10.1. The molecule has 0 spiro atoms. The summed E-state index contributed by atoms with van der Waals surface area (Å²) in [6.07, 6.45) is 1.95. The van der Waals surface area contributed by atoms with Gasteiger partial charge in [-0.25, -0.2) is 4.79 Å². The van der Waals surface area contributed by atoms with Gasteiger partial charge in [0.25, 0.3) is 0 Å². The van der Waals surface area contributed by atoms with Gasteiger partial charge in [0, 0.05) is 38.2 Å². The number of hydrogen-bond acceptors (Lipinski definition) is 3. The number of rotatable bonds is 5. The van der Waals surface area contributed by atoms with Crippen LogP contribution in [0, 0.1) is 0 Å². The summed E-state index contributed by atoms with van der Waals surface area (Å²) < 4.78 is 5.68. The summed E-state index contributed by atoms with van der Waals surface area (Å²) in [5.74, 6) is 1.54. The maximum atomic E-state index is 11.5. The molecular weight excluding hydrogens is 268 g/mol. The van der Waals surface area contributed by atoms with Crippen molar-refractivity contribution >= 4 is 18.0 Å². The zero-order valence-electron chi connectivity index (χ0n) is 12.1. The van der Waals surface area contributed by atoms with E-state index in [4.69, 9.17) is 4.42 Å². The maximum Gasteiger partial charge on any atom is 0.321 e. The lowest BCUT2D eigenvalue weighted by atomic mass is 10.1. The molecule has 1 aromatic carbocycles. The number of aryl methyl sites for hydroxylation is 1. The Kier molecular flexibility index (Phi) is 4.77. The second-order valence-corrected chi connectivity index (χ2v) is 4.87. The first kappa shape index (κ1) is 14.8. The SMILES string of the molecule is CN(C)C(=O)Nc1ccc(-c2ccc(CCC=O)o2)cc1. The number of furan rings is 1. The summed E-state index contributed by atoms with van der Waals surface area (Å²) >= 11 is 0. The molecule has 0 unspecified atom stereocenters. The molecule has 0 fully saturated rings. The van der Waals surface area contributed by atoms with Crippen molar-refractivity contribution in [3.05, 3.63) is 42.2 Å². The van der Waals surface area contributed by atoms with Crippen LogP contribution in [0.3, 0.4) is 0 Å². The summed E-state index contributed by atoms with van der Waals surface area (Å²) in [5, 5.41) is 2.77. The molecule has 2 rings (SSSR count). The molecule has 0 aliphatic heterocycles. The average molecular weight is 286 g/mol. The van der Waals surface area contributed by atoms with Crippen LogP contribution in [0.1, 0.15) is 12.2 Å². The predicted molar refractivity (Wildman–Crippen MR) is 81.2 cm³/mol. The number of amides is 2. The third-order valence-electron chi connectivity index (χ3n) is 3.00. The van der Waals surface area contributed by atoms with Gasteiger partial charge in [-0.15, -0.1) is 0 Å². The van der Waals surface area contributed by atoms with Gasteiger partial charge >= 0.3 is 6.03 Å². The Balaban J connectivity index is 2.06. The van der Waals surface area contributed by atoms with E-state index in [1.54, 1.807) is 14.1 Å². The molecular formula is C16H18N2O3. The highest BCUT2D eigenvalue weighted by atomic mass is 16.3. The number of urea groups is 1. The lowest BCUT2D eigenvalue weighted by Gasteiger charge is -2.11. The lowest BCUT2D eigenvalue weighted by Crippen LogP contribution is -2.27. The van der Waals surface area contributed by atoms with Crippen molar-refractivity contribution < 1.29 is 14.0 Å². The highest BCUT2D eigenvalue weighted by molar-refractivity contribution is 5.89. The molecule has 110 valence electrons. The van der Waals surface area contributed by atoms with Gasteiger partial charge in [0.15, 0.2) is 0 Å². The third-order valence-corrected chi connectivity index (χ3v) is 3.00. The first-order valence-corrected chi connectivity index (χ1v) is 6.71. The van der Waals surface area contributed by atoms with Crippen LogP contribution in [0.4, 0.5) is 10.5 Å². The van der Waals surface area contributed by atoms with E-state index < -0.39 is 0 Å². The minimum absolute atomic E-state index is 0.170. The van der Waals surface area contributed by atoms with Gasteiger partial charge in [0.1, 0.15) is 17.8 Å². The van der Waals surface area contributed by atoms with E-state index in [1.807, 2.05) is 36.4 Å². The van der Waals surface area contributed by atoms with Crippen molar-refractivity contribution in [2.24, 2.45) is 0 Å². The minimum Gasteiger partial charge on any atom is -0.461 e. The molecule has 0 aliphatic carbocycles. The quantitative estimate of drug-likeness (QED) is 0.859. The zero-order chi connectivity index (χ0) is 15.2. The van der Waals surface area contributed by atoms with E-state index in [2.05, 4.69) is 5.32 Å². The van der Waals surface area contributed by atoms with Crippen LogP contribution in [0.5, 0.6) is 0 Å². The van der Waals surface area contributed by atoms with Crippen LogP contribution >= 0.6 is 0 Å². The molecule has 5 heteroatoms. The Labute approximate surface area is 123 Å². The van der Waals surface area contributed by atoms with Gasteiger partial charge in [0.2, 0.25) is 0 Å². The molecule has 0 radical (unpaired) electrons. The van der Waals surface area contributed by atoms with Crippen LogP contribution in [0.2, 0.25) is 0 Å². The summed E-state index contributed by atoms with van der Waals surface area (Å²) in [6.45, 7) is 0. The fourth-order valence-electron chi connectivity index (χ4n) is 1.82. The van der Waals surface area contributed by atoms with Gasteiger partial charge in [-0.3, -0.25) is 0 Å². The largest absolute Gasteiger partial charge is 0.461 e. The highest BCUT2D eigenvalue weighted by Crippen LogP contribution is 2.24. The molecule has 0 saturated carbocycles. The molecule has 1 aromatic heterocycles. The molecule has 0 saturated heterocycles. The molecule has 2 amide bonds. The molecule has 2 aromatic rings. The van der Waals surface area contributed by atoms with Crippen molar-refractivity contribution in [3.63, 3.8) is 0 Å². The molecule has 0 bridgehead atoms. The van der Waals surface area contributed by atoms with E-state index in [1.165, 1.54) is 4.90 Å². The smallest absolute Gasteiger partial charge is 0.321 e. The summed E-state index contributed by atoms with van der Waals surface area (Å²) in [4.78, 5) is 23.4. The van der Waals surface area contributed by atoms with E-state index in [9.17, 15) is 9.59 Å². The number of anilines is 1. The van der Waals surface area contributed by atoms with Crippen molar-refractivity contribution in [1.82, 2.24) is 4.90 Å². The van der Waals surface area contributed by atoms with Gasteiger partial charge in [-0.05, 0) is 36.4 Å². The fraction of sp³-hybridized carbons (Fsp3) is 0.250. The Morgan fingerprint density at radius 1 is 1.19 bits per heavy atom. The number of carbonyl (C=O) groups excluding carboxylic acids is 2. The fourth-order valence-corrected chi connectivity index (χ4v) is 1.82. The zero-order valence-corrected chi connectivity index (χ0v) is 12.1. The predicted octanol–water partition coefficient (Wildman–Crippen LogP) is 3.17. The highest BCUT2D eigenvalue weighted by Gasteiger charge is 2.07. The summed E-state index contributed by atoms with van der Waals surface area (Å²) in [6, 6.07) is 11.0. The Bertz CT molecular complexity index is 615. The van der Waals surface area contributed by atoms with Crippen molar-refractivity contribution in [3.8, 4) is 11.3 Å². The molecule has 5 nitrogen and oxygen atoms in total. The number of benzene rings is 1. The Morgan fingerprint density at radius 3 is 2.52 bits per heavy atom. The van der Waals surface area contributed by atoms with Crippen molar-refractivity contribution in [1.29, 1.82) is 0 Å². The minimum atomic E-state index is -0.170. The Hall–Kier alpha value is -2.56. The molecule has 0 atom stereocenters. The number of hydrogen-bond donors (Lipinski definition) is 1. The summed E-state index contributed by atoms with van der Waals surface area (Å²) in [5.41, 5.74) is 1.65. The monoisotopic (exact) mass is 286 g/mol. The number of carbonyl (C=O) groups is 2. The number of nitrogens with zero attached hydrogens (tertiary/aromatic N) is 1. The summed E-state index contributed by atoms with van der Waals surface area (Å²) in [7, 11) is 3.38. The van der Waals surface area contributed by atoms with Crippen molar-refractivity contribution in [2.75, 3.05) is 19.4 Å². The van der Waals surface area contributed by atoms with E-state index in [0.717, 1.165) is 29.1 Å². The van der Waals surface area contributed by atoms with E-state index in [-0.39, 0.29) is 6.03 Å². The van der Waals surface area contributed by atoms with Gasteiger partial charge in [-0.2, -0.15) is 0 Å². The third kappa shape index (κ3) is 3.95. The molecule has 1 N–H and O–H groups in total. The van der Waals surface area contributed by atoms with Gasteiger partial charge in [-0.1, -0.05) is 0 Å². The normalized spacial score (nSPS) is 10.2.